The molecule has 1 saturated heterocycles. The van der Waals surface area contributed by atoms with E-state index in [2.05, 4.69) is 17.1 Å². The maximum atomic E-state index is 11.3. The highest BCUT2D eigenvalue weighted by Gasteiger charge is 2.27. The molecular weight excluding hydrogens is 240 g/mol. The molecule has 4 nitrogen and oxygen atoms in total. The molecule has 1 aliphatic carbocycles. The number of hydrogen-bond acceptors (Lipinski definition) is 3. The Morgan fingerprint density at radius 3 is 2.68 bits per heavy atom. The molecule has 4 heteroatoms. The van der Waals surface area contributed by atoms with Crippen LogP contribution in [0, 0.1) is 11.8 Å². The minimum atomic E-state index is -0.295. The lowest BCUT2D eigenvalue weighted by molar-refractivity contribution is 0.110. The zero-order valence-electron chi connectivity index (χ0n) is 12.4. The molecule has 1 saturated carbocycles. The van der Waals surface area contributed by atoms with Crippen molar-refractivity contribution in [2.24, 2.45) is 11.8 Å². The molecule has 1 aliphatic heterocycles. The third-order valence-corrected chi connectivity index (χ3v) is 4.48. The van der Waals surface area contributed by atoms with Crippen LogP contribution < -0.4 is 5.32 Å². The van der Waals surface area contributed by atoms with Gasteiger partial charge in [-0.3, -0.25) is 0 Å². The van der Waals surface area contributed by atoms with Crippen molar-refractivity contribution in [1.82, 2.24) is 10.2 Å². The molecule has 2 fully saturated rings. The van der Waals surface area contributed by atoms with Gasteiger partial charge in [0.1, 0.15) is 0 Å². The number of hydrogen-bond donors (Lipinski definition) is 1. The highest BCUT2D eigenvalue weighted by Crippen LogP contribution is 2.26. The van der Waals surface area contributed by atoms with Gasteiger partial charge in [0.05, 0.1) is 7.11 Å². The van der Waals surface area contributed by atoms with Crippen LogP contribution in [0.25, 0.3) is 0 Å². The maximum Gasteiger partial charge on any atom is 0.407 e. The Bertz CT molecular complexity index is 290. The van der Waals surface area contributed by atoms with Crippen molar-refractivity contribution in [2.45, 2.75) is 51.5 Å². The number of piperidine rings is 1. The van der Waals surface area contributed by atoms with E-state index in [0.717, 1.165) is 18.9 Å². The molecule has 2 unspecified atom stereocenters. The first-order valence-electron chi connectivity index (χ1n) is 7.74. The smallest absolute Gasteiger partial charge is 0.407 e. The van der Waals surface area contributed by atoms with E-state index in [0.29, 0.717) is 5.92 Å². The Balaban J connectivity index is 1.81. The summed E-state index contributed by atoms with van der Waals surface area (Å²) < 4.78 is 4.70. The summed E-state index contributed by atoms with van der Waals surface area (Å²) in [6.45, 7) is 5.65. The summed E-state index contributed by atoms with van der Waals surface area (Å²) in [5, 5.41) is 2.96. The molecule has 0 radical (unpaired) electrons. The van der Waals surface area contributed by atoms with Gasteiger partial charge in [0.15, 0.2) is 0 Å². The fourth-order valence-corrected chi connectivity index (χ4v) is 3.68. The van der Waals surface area contributed by atoms with Crippen LogP contribution in [0.1, 0.15) is 45.4 Å². The average Bonchev–Trinajstić information content (AvgIpc) is 2.39. The lowest BCUT2D eigenvalue weighted by atomic mass is 9.87. The Hall–Kier alpha value is -0.770. The summed E-state index contributed by atoms with van der Waals surface area (Å²) >= 11 is 0. The molecule has 0 aromatic rings. The van der Waals surface area contributed by atoms with E-state index in [1.165, 1.54) is 52.3 Å². The molecular formula is C15H28N2O2. The zero-order chi connectivity index (χ0) is 13.7. The number of methoxy groups -OCH3 is 1. The lowest BCUT2D eigenvalue weighted by Gasteiger charge is -2.38. The summed E-state index contributed by atoms with van der Waals surface area (Å²) in [6.07, 6.45) is 7.77. The van der Waals surface area contributed by atoms with Gasteiger partial charge in [0.2, 0.25) is 0 Å². The van der Waals surface area contributed by atoms with Crippen molar-refractivity contribution in [3.8, 4) is 0 Å². The average molecular weight is 268 g/mol. The number of amides is 1. The number of nitrogens with zero attached hydrogens (tertiary/aromatic N) is 1. The molecule has 1 heterocycles. The van der Waals surface area contributed by atoms with Gasteiger partial charge in [0, 0.05) is 25.7 Å². The van der Waals surface area contributed by atoms with E-state index in [9.17, 15) is 4.79 Å². The first-order chi connectivity index (χ1) is 9.17. The number of nitrogens with one attached hydrogen (secondary N) is 1. The standard InChI is InChI=1S/C15H28N2O2/c1-12-8-14(16-15(18)19-2)11-17(9-12)10-13-6-4-3-5-7-13/h12-14H,3-11H2,1-2H3,(H,16,18). The van der Waals surface area contributed by atoms with Crippen molar-refractivity contribution in [2.75, 3.05) is 26.7 Å². The number of rotatable bonds is 3. The van der Waals surface area contributed by atoms with Gasteiger partial charge in [-0.15, -0.1) is 0 Å². The van der Waals surface area contributed by atoms with Gasteiger partial charge in [0.25, 0.3) is 0 Å². The fourth-order valence-electron chi connectivity index (χ4n) is 3.68. The predicted molar refractivity (Wildman–Crippen MR) is 76.1 cm³/mol. The molecule has 1 N–H and O–H groups in total. The van der Waals surface area contributed by atoms with Gasteiger partial charge in [-0.25, -0.2) is 4.79 Å². The first kappa shape index (κ1) is 14.6. The van der Waals surface area contributed by atoms with Crippen molar-refractivity contribution in [1.29, 1.82) is 0 Å². The Kier molecular flexibility index (Phi) is 5.49. The molecule has 0 aromatic heterocycles. The minimum absolute atomic E-state index is 0.250. The summed E-state index contributed by atoms with van der Waals surface area (Å²) in [7, 11) is 1.43. The highest BCUT2D eigenvalue weighted by atomic mass is 16.5. The van der Waals surface area contributed by atoms with E-state index < -0.39 is 0 Å². The monoisotopic (exact) mass is 268 g/mol. The van der Waals surface area contributed by atoms with E-state index in [1.807, 2.05) is 0 Å². The normalized spacial score (nSPS) is 30.0. The van der Waals surface area contributed by atoms with Gasteiger partial charge in [-0.05, 0) is 31.1 Å². The van der Waals surface area contributed by atoms with E-state index in [-0.39, 0.29) is 12.1 Å². The van der Waals surface area contributed by atoms with E-state index in [1.54, 1.807) is 0 Å². The summed E-state index contributed by atoms with van der Waals surface area (Å²) in [5.41, 5.74) is 0. The van der Waals surface area contributed by atoms with Crippen molar-refractivity contribution < 1.29 is 9.53 Å². The number of carbonyl (C=O) groups is 1. The Morgan fingerprint density at radius 1 is 1.26 bits per heavy atom. The van der Waals surface area contributed by atoms with Crippen molar-refractivity contribution >= 4 is 6.09 Å². The fraction of sp³-hybridized carbons (Fsp3) is 0.933. The SMILES string of the molecule is COC(=O)NC1CC(C)CN(CC2CCCCC2)C1. The van der Waals surface area contributed by atoms with Gasteiger partial charge >= 0.3 is 6.09 Å². The summed E-state index contributed by atoms with van der Waals surface area (Å²) in [4.78, 5) is 13.9. The van der Waals surface area contributed by atoms with Crippen molar-refractivity contribution in [3.05, 3.63) is 0 Å². The second-order valence-electron chi connectivity index (χ2n) is 6.40. The molecule has 0 bridgehead atoms. The molecule has 19 heavy (non-hydrogen) atoms. The quantitative estimate of drug-likeness (QED) is 0.855. The van der Waals surface area contributed by atoms with Gasteiger partial charge < -0.3 is 15.0 Å². The summed E-state index contributed by atoms with van der Waals surface area (Å²) in [6, 6.07) is 0.250. The van der Waals surface area contributed by atoms with Crippen LogP contribution >= 0.6 is 0 Å². The van der Waals surface area contributed by atoms with Crippen LogP contribution in [-0.2, 0) is 4.74 Å². The number of alkyl carbamates (subject to hydrolysis) is 1. The molecule has 2 rings (SSSR count). The number of ether oxygens (including phenoxy) is 1. The van der Waals surface area contributed by atoms with Crippen LogP contribution in [0.2, 0.25) is 0 Å². The van der Waals surface area contributed by atoms with E-state index >= 15 is 0 Å². The third-order valence-electron chi connectivity index (χ3n) is 4.48. The predicted octanol–water partition coefficient (Wildman–Crippen LogP) is 2.63. The third kappa shape index (κ3) is 4.68. The summed E-state index contributed by atoms with van der Waals surface area (Å²) in [5.74, 6) is 1.53. The van der Waals surface area contributed by atoms with Crippen molar-refractivity contribution in [3.63, 3.8) is 0 Å². The molecule has 0 spiro atoms. The van der Waals surface area contributed by atoms with Crippen LogP contribution in [0.5, 0.6) is 0 Å². The molecule has 2 aliphatic rings. The molecule has 2 atom stereocenters. The second kappa shape index (κ2) is 7.13. The minimum Gasteiger partial charge on any atom is -0.453 e. The molecule has 0 aromatic carbocycles. The topological polar surface area (TPSA) is 41.6 Å². The Morgan fingerprint density at radius 2 is 2.00 bits per heavy atom. The van der Waals surface area contributed by atoms with Crippen LogP contribution in [0.3, 0.4) is 0 Å². The van der Waals surface area contributed by atoms with Gasteiger partial charge in [-0.1, -0.05) is 26.2 Å². The van der Waals surface area contributed by atoms with Gasteiger partial charge in [-0.2, -0.15) is 0 Å². The number of carbonyl (C=O) groups excluding carboxylic acids is 1. The Labute approximate surface area is 116 Å². The van der Waals surface area contributed by atoms with Crippen LogP contribution in [-0.4, -0.2) is 43.8 Å². The molecule has 110 valence electrons. The van der Waals surface area contributed by atoms with Crippen LogP contribution in [0.15, 0.2) is 0 Å². The molecule has 1 amide bonds. The lowest BCUT2D eigenvalue weighted by Crippen LogP contribution is -2.51. The maximum absolute atomic E-state index is 11.3. The zero-order valence-corrected chi connectivity index (χ0v) is 12.4. The largest absolute Gasteiger partial charge is 0.453 e. The van der Waals surface area contributed by atoms with Crippen LogP contribution in [0.4, 0.5) is 4.79 Å². The second-order valence-corrected chi connectivity index (χ2v) is 6.40. The number of likely N-dealkylation sites (tertiary alicyclic amines) is 1. The highest BCUT2D eigenvalue weighted by molar-refractivity contribution is 5.67. The van der Waals surface area contributed by atoms with E-state index in [4.69, 9.17) is 4.74 Å². The first-order valence-corrected chi connectivity index (χ1v) is 7.74.